The molecule has 0 fully saturated rings. The van der Waals surface area contributed by atoms with Gasteiger partial charge in [-0.25, -0.2) is 4.98 Å². The topological polar surface area (TPSA) is 63.8 Å². The lowest BCUT2D eigenvalue weighted by Gasteiger charge is -2.12. The molecule has 0 atom stereocenters. The fourth-order valence-corrected chi connectivity index (χ4v) is 2.78. The van der Waals surface area contributed by atoms with Crippen LogP contribution in [-0.2, 0) is 0 Å². The molecule has 0 saturated carbocycles. The molecule has 0 spiro atoms. The molecule has 21 heavy (non-hydrogen) atoms. The van der Waals surface area contributed by atoms with Gasteiger partial charge in [-0.2, -0.15) is 4.98 Å². The van der Waals surface area contributed by atoms with Crippen molar-refractivity contribution in [3.63, 3.8) is 0 Å². The molecule has 6 heteroatoms. The van der Waals surface area contributed by atoms with Crippen molar-refractivity contribution in [1.82, 2.24) is 9.97 Å². The minimum atomic E-state index is 0.227. The Morgan fingerprint density at radius 3 is 2.76 bits per heavy atom. The summed E-state index contributed by atoms with van der Waals surface area (Å²) in [6, 6.07) is 11.5. The number of halogens is 2. The Balaban J connectivity index is 2.12. The molecule has 0 aliphatic heterocycles. The van der Waals surface area contributed by atoms with Crippen molar-refractivity contribution in [2.45, 2.75) is 6.92 Å². The zero-order valence-corrected chi connectivity index (χ0v) is 13.5. The minimum absolute atomic E-state index is 0.227. The first-order valence-electron chi connectivity index (χ1n) is 6.29. The molecule has 106 valence electrons. The van der Waals surface area contributed by atoms with Crippen LogP contribution in [0.4, 0.5) is 17.5 Å². The highest BCUT2D eigenvalue weighted by Gasteiger charge is 2.09. The summed E-state index contributed by atoms with van der Waals surface area (Å²) < 4.78 is 0.908. The second kappa shape index (κ2) is 5.50. The fourth-order valence-electron chi connectivity index (χ4n) is 2.06. The molecule has 1 heterocycles. The van der Waals surface area contributed by atoms with Crippen molar-refractivity contribution in [1.29, 1.82) is 0 Å². The van der Waals surface area contributed by atoms with Crippen molar-refractivity contribution in [3.05, 3.63) is 51.5 Å². The van der Waals surface area contributed by atoms with Gasteiger partial charge in [0.15, 0.2) is 0 Å². The van der Waals surface area contributed by atoms with Crippen molar-refractivity contribution >= 4 is 55.9 Å². The van der Waals surface area contributed by atoms with Gasteiger partial charge in [0.1, 0.15) is 5.82 Å². The molecule has 2 aromatic carbocycles. The van der Waals surface area contributed by atoms with Gasteiger partial charge in [0.25, 0.3) is 0 Å². The smallest absolute Gasteiger partial charge is 0.222 e. The number of benzene rings is 2. The monoisotopic (exact) mass is 362 g/mol. The molecule has 0 aliphatic rings. The average Bonchev–Trinajstić information content (AvgIpc) is 2.44. The number of rotatable bonds is 2. The van der Waals surface area contributed by atoms with E-state index in [1.54, 1.807) is 0 Å². The number of nitrogen functional groups attached to an aromatic ring is 1. The first-order chi connectivity index (χ1) is 10.0. The van der Waals surface area contributed by atoms with E-state index < -0.39 is 0 Å². The normalized spacial score (nSPS) is 10.8. The molecule has 0 aliphatic carbocycles. The Morgan fingerprint density at radius 2 is 1.95 bits per heavy atom. The quantitative estimate of drug-likeness (QED) is 0.694. The second-order valence-electron chi connectivity index (χ2n) is 4.65. The Bertz CT molecular complexity index is 835. The predicted molar refractivity (Wildman–Crippen MR) is 91.1 cm³/mol. The number of aromatic nitrogens is 2. The summed E-state index contributed by atoms with van der Waals surface area (Å²) in [4.78, 5) is 8.50. The van der Waals surface area contributed by atoms with Crippen LogP contribution < -0.4 is 11.1 Å². The van der Waals surface area contributed by atoms with E-state index in [2.05, 4.69) is 31.2 Å². The average molecular weight is 364 g/mol. The number of hydrogen-bond donors (Lipinski definition) is 2. The number of para-hydroxylation sites is 1. The lowest BCUT2D eigenvalue weighted by atomic mass is 10.2. The summed E-state index contributed by atoms with van der Waals surface area (Å²) in [7, 11) is 0. The van der Waals surface area contributed by atoms with Gasteiger partial charge < -0.3 is 11.1 Å². The summed E-state index contributed by atoms with van der Waals surface area (Å²) in [6.45, 7) is 1.95. The van der Waals surface area contributed by atoms with Crippen LogP contribution in [0.3, 0.4) is 0 Å². The van der Waals surface area contributed by atoms with Gasteiger partial charge in [0, 0.05) is 14.9 Å². The van der Waals surface area contributed by atoms with Crippen LogP contribution in [-0.4, -0.2) is 9.97 Å². The van der Waals surface area contributed by atoms with Crippen LogP contribution in [0, 0.1) is 6.92 Å². The summed E-state index contributed by atoms with van der Waals surface area (Å²) in [5.41, 5.74) is 8.39. The highest BCUT2D eigenvalue weighted by atomic mass is 79.9. The van der Waals surface area contributed by atoms with E-state index in [0.717, 1.165) is 26.6 Å². The van der Waals surface area contributed by atoms with Crippen molar-refractivity contribution < 1.29 is 0 Å². The van der Waals surface area contributed by atoms with Gasteiger partial charge in [-0.1, -0.05) is 23.7 Å². The Kier molecular flexibility index (Phi) is 3.69. The third-order valence-corrected chi connectivity index (χ3v) is 4.19. The number of anilines is 3. The van der Waals surface area contributed by atoms with E-state index >= 15 is 0 Å². The first kappa shape index (κ1) is 14.1. The van der Waals surface area contributed by atoms with Crippen LogP contribution in [0.1, 0.15) is 5.56 Å². The van der Waals surface area contributed by atoms with Crippen LogP contribution >= 0.6 is 27.5 Å². The number of nitrogens with two attached hydrogens (primary N) is 1. The van der Waals surface area contributed by atoms with Crippen LogP contribution in [0.25, 0.3) is 10.9 Å². The third kappa shape index (κ3) is 2.80. The predicted octanol–water partition coefficient (Wildman–Crippen LogP) is 4.68. The van der Waals surface area contributed by atoms with E-state index in [0.29, 0.717) is 10.8 Å². The Hall–Kier alpha value is -1.85. The molecule has 1 aromatic heterocycles. The van der Waals surface area contributed by atoms with Gasteiger partial charge in [0.05, 0.1) is 11.2 Å². The number of nitrogens with zero attached hydrogens (tertiary/aromatic N) is 2. The van der Waals surface area contributed by atoms with Gasteiger partial charge in [-0.3, -0.25) is 0 Å². The third-order valence-electron chi connectivity index (χ3n) is 3.12. The van der Waals surface area contributed by atoms with Gasteiger partial charge in [0.2, 0.25) is 5.95 Å². The van der Waals surface area contributed by atoms with Crippen molar-refractivity contribution in [2.75, 3.05) is 11.1 Å². The first-order valence-corrected chi connectivity index (χ1v) is 7.46. The molecular formula is C15H12BrClN4. The van der Waals surface area contributed by atoms with E-state index in [4.69, 9.17) is 17.3 Å². The maximum atomic E-state index is 6.18. The summed E-state index contributed by atoms with van der Waals surface area (Å²) in [6.07, 6.45) is 0. The number of nitrogens with one attached hydrogen (secondary N) is 1. The van der Waals surface area contributed by atoms with Gasteiger partial charge in [-0.15, -0.1) is 0 Å². The van der Waals surface area contributed by atoms with E-state index in [9.17, 15) is 0 Å². The second-order valence-corrected chi connectivity index (χ2v) is 5.92. The zero-order chi connectivity index (χ0) is 15.0. The minimum Gasteiger partial charge on any atom is -0.368 e. The van der Waals surface area contributed by atoms with E-state index in [1.165, 1.54) is 0 Å². The molecule has 4 nitrogen and oxygen atoms in total. The van der Waals surface area contributed by atoms with Crippen molar-refractivity contribution in [3.8, 4) is 0 Å². The molecule has 0 radical (unpaired) electrons. The molecule has 3 rings (SSSR count). The van der Waals surface area contributed by atoms with Gasteiger partial charge >= 0.3 is 0 Å². The molecule has 3 N–H and O–H groups in total. The molecule has 0 saturated heterocycles. The fraction of sp³-hybridized carbons (Fsp3) is 0.0667. The van der Waals surface area contributed by atoms with E-state index in [1.807, 2.05) is 43.3 Å². The summed E-state index contributed by atoms with van der Waals surface area (Å²) >= 11 is 9.71. The van der Waals surface area contributed by atoms with Crippen LogP contribution in [0.2, 0.25) is 5.02 Å². The van der Waals surface area contributed by atoms with E-state index in [-0.39, 0.29) is 5.95 Å². The molecule has 0 amide bonds. The van der Waals surface area contributed by atoms with Gasteiger partial charge in [-0.05, 0) is 52.7 Å². The number of aryl methyl sites for hydroxylation is 1. The SMILES string of the molecule is Cc1cc(Br)c(Nc2nc(N)nc3ccccc23)cc1Cl. The largest absolute Gasteiger partial charge is 0.368 e. The molecule has 0 bridgehead atoms. The zero-order valence-electron chi connectivity index (χ0n) is 11.2. The lowest BCUT2D eigenvalue weighted by molar-refractivity contribution is 1.23. The highest BCUT2D eigenvalue weighted by molar-refractivity contribution is 9.10. The van der Waals surface area contributed by atoms with Crippen LogP contribution in [0.5, 0.6) is 0 Å². The maximum Gasteiger partial charge on any atom is 0.222 e. The lowest BCUT2D eigenvalue weighted by Crippen LogP contribution is -2.02. The molecular weight excluding hydrogens is 352 g/mol. The molecule has 0 unspecified atom stereocenters. The van der Waals surface area contributed by atoms with Crippen LogP contribution in [0.15, 0.2) is 40.9 Å². The summed E-state index contributed by atoms with van der Waals surface area (Å²) in [5.74, 6) is 0.879. The Morgan fingerprint density at radius 1 is 1.19 bits per heavy atom. The maximum absolute atomic E-state index is 6.18. The standard InChI is InChI=1S/C15H12BrClN4/c1-8-6-10(16)13(7-11(8)17)19-14-9-4-2-3-5-12(9)20-15(18)21-14/h2-7H,1H3,(H3,18,19,20,21). The highest BCUT2D eigenvalue weighted by Crippen LogP contribution is 2.32. The van der Waals surface area contributed by atoms with Crippen molar-refractivity contribution in [2.24, 2.45) is 0 Å². The number of hydrogen-bond acceptors (Lipinski definition) is 4. The Labute approximate surface area is 135 Å². The summed E-state index contributed by atoms with van der Waals surface area (Å²) in [5, 5.41) is 4.85. The molecule has 3 aromatic rings. The number of fused-ring (bicyclic) bond motifs is 1.